The quantitative estimate of drug-likeness (QED) is 0.446. The Morgan fingerprint density at radius 3 is 2.38 bits per heavy atom. The van der Waals surface area contributed by atoms with Crippen LogP contribution in [0.2, 0.25) is 10.0 Å². The highest BCUT2D eigenvalue weighted by Gasteiger charge is 2.48. The van der Waals surface area contributed by atoms with Gasteiger partial charge in [-0.15, -0.1) is 0 Å². The van der Waals surface area contributed by atoms with E-state index in [1.165, 1.54) is 11.4 Å². The second kappa shape index (κ2) is 11.3. The van der Waals surface area contributed by atoms with Gasteiger partial charge in [0.05, 0.1) is 17.7 Å². The molecule has 1 unspecified atom stereocenters. The number of carbonyl (C=O) groups excluding carboxylic acids is 1. The molecule has 1 saturated carbocycles. The van der Waals surface area contributed by atoms with Crippen molar-refractivity contribution >= 4 is 45.1 Å². The highest BCUT2D eigenvalue weighted by atomic mass is 35.5. The molecule has 8 nitrogen and oxygen atoms in total. The van der Waals surface area contributed by atoms with E-state index in [1.54, 1.807) is 47.4 Å². The topological polar surface area (TPSA) is 104 Å². The Morgan fingerprint density at radius 1 is 1.14 bits per heavy atom. The van der Waals surface area contributed by atoms with Gasteiger partial charge in [-0.2, -0.15) is 0 Å². The molecule has 4 atom stereocenters. The van der Waals surface area contributed by atoms with Gasteiger partial charge in [-0.25, -0.2) is 12.7 Å². The lowest BCUT2D eigenvalue weighted by atomic mass is 9.89. The molecule has 1 heterocycles. The average Bonchev–Trinajstić information content (AvgIpc) is 3.70. The van der Waals surface area contributed by atoms with E-state index in [1.807, 2.05) is 13.0 Å². The Hall–Kier alpha value is -2.17. The third-order valence-corrected chi connectivity index (χ3v) is 9.71. The lowest BCUT2D eigenvalue weighted by Crippen LogP contribution is -2.57. The molecule has 1 aliphatic heterocycles. The summed E-state index contributed by atoms with van der Waals surface area (Å²) in [5.74, 6) is -1.67. The predicted molar refractivity (Wildman–Crippen MR) is 141 cm³/mol. The Balaban J connectivity index is 1.81. The highest BCUT2D eigenvalue weighted by molar-refractivity contribution is 7.90. The van der Waals surface area contributed by atoms with Crippen molar-refractivity contribution in [3.05, 3.63) is 69.7 Å². The van der Waals surface area contributed by atoms with Crippen LogP contribution in [0.1, 0.15) is 55.9 Å². The van der Waals surface area contributed by atoms with Crippen LogP contribution in [-0.2, 0) is 24.3 Å². The first kappa shape index (κ1) is 27.9. The van der Waals surface area contributed by atoms with Crippen LogP contribution in [0.15, 0.2) is 48.5 Å². The second-order valence-electron chi connectivity index (χ2n) is 9.53. The first-order chi connectivity index (χ1) is 17.5. The summed E-state index contributed by atoms with van der Waals surface area (Å²) in [5, 5.41) is 10.1. The molecule has 200 valence electrons. The monoisotopic (exact) mass is 568 g/mol. The van der Waals surface area contributed by atoms with Gasteiger partial charge in [-0.3, -0.25) is 9.59 Å². The maximum Gasteiger partial charge on any atom is 0.306 e. The van der Waals surface area contributed by atoms with Crippen molar-refractivity contribution in [3.8, 4) is 0 Å². The SMILES string of the molecule is CCC(CN(C)S(=O)(=O)C1CC1)N1C(=O)[C@@H](CC(=O)O)O[C@H](c2cccc(Cl)c2)[C@H]1c1ccc(Cl)cc1. The molecule has 2 aliphatic rings. The molecule has 1 aliphatic carbocycles. The van der Waals surface area contributed by atoms with Crippen LogP contribution in [0.3, 0.4) is 0 Å². The number of morpholine rings is 1. The molecule has 2 aromatic carbocycles. The van der Waals surface area contributed by atoms with Crippen LogP contribution in [-0.4, -0.2) is 65.6 Å². The summed E-state index contributed by atoms with van der Waals surface area (Å²) >= 11 is 12.4. The molecule has 0 spiro atoms. The number of carboxylic acid groups (broad SMARTS) is 1. The lowest BCUT2D eigenvalue weighted by Gasteiger charge is -2.48. The summed E-state index contributed by atoms with van der Waals surface area (Å²) in [6, 6.07) is 12.8. The number of carbonyl (C=O) groups is 2. The number of hydrogen-bond donors (Lipinski definition) is 1. The number of carboxylic acids is 1. The first-order valence-corrected chi connectivity index (χ1v) is 14.4. The van der Waals surface area contributed by atoms with E-state index in [-0.39, 0.29) is 11.8 Å². The Morgan fingerprint density at radius 2 is 1.81 bits per heavy atom. The van der Waals surface area contributed by atoms with Gasteiger partial charge in [0.25, 0.3) is 5.91 Å². The summed E-state index contributed by atoms with van der Waals surface area (Å²) in [7, 11) is -1.95. The number of halogens is 2. The Bertz CT molecular complexity index is 1250. The molecule has 11 heteroatoms. The number of sulfonamides is 1. The summed E-state index contributed by atoms with van der Waals surface area (Å²) in [4.78, 5) is 27.1. The van der Waals surface area contributed by atoms with E-state index in [2.05, 4.69) is 0 Å². The molecule has 1 N–H and O–H groups in total. The summed E-state index contributed by atoms with van der Waals surface area (Å²) in [5.41, 5.74) is 1.40. The summed E-state index contributed by atoms with van der Waals surface area (Å²) in [6.45, 7) is 1.96. The van der Waals surface area contributed by atoms with Crippen molar-refractivity contribution < 1.29 is 27.9 Å². The predicted octanol–water partition coefficient (Wildman–Crippen LogP) is 4.68. The van der Waals surface area contributed by atoms with Crippen LogP contribution >= 0.6 is 23.2 Å². The molecule has 1 amide bonds. The van der Waals surface area contributed by atoms with Gasteiger partial charge in [-0.1, -0.05) is 54.4 Å². The van der Waals surface area contributed by atoms with Crippen molar-refractivity contribution in [3.63, 3.8) is 0 Å². The van der Waals surface area contributed by atoms with Crippen LogP contribution in [0.4, 0.5) is 0 Å². The number of hydrogen-bond acceptors (Lipinski definition) is 5. The van der Waals surface area contributed by atoms with Crippen molar-refractivity contribution in [1.82, 2.24) is 9.21 Å². The van der Waals surface area contributed by atoms with E-state index in [0.29, 0.717) is 34.9 Å². The molecule has 4 rings (SSSR count). The van der Waals surface area contributed by atoms with Crippen molar-refractivity contribution in [2.45, 2.75) is 62.1 Å². The summed E-state index contributed by atoms with van der Waals surface area (Å²) < 4.78 is 33.4. The first-order valence-electron chi connectivity index (χ1n) is 12.2. The molecule has 0 aromatic heterocycles. The molecular weight excluding hydrogens is 539 g/mol. The fourth-order valence-electron chi connectivity index (χ4n) is 4.83. The summed E-state index contributed by atoms with van der Waals surface area (Å²) in [6.07, 6.45) is -0.810. The number of ether oxygens (including phenoxy) is 1. The van der Waals surface area contributed by atoms with Gasteiger partial charge < -0.3 is 14.7 Å². The van der Waals surface area contributed by atoms with Gasteiger partial charge in [0.15, 0.2) is 0 Å². The smallest absolute Gasteiger partial charge is 0.306 e. The molecule has 0 radical (unpaired) electrons. The molecule has 1 saturated heterocycles. The third kappa shape index (κ3) is 6.12. The Kier molecular flexibility index (Phi) is 8.50. The minimum atomic E-state index is -3.48. The van der Waals surface area contributed by atoms with Gasteiger partial charge in [0.1, 0.15) is 12.2 Å². The van der Waals surface area contributed by atoms with Crippen molar-refractivity contribution in [2.75, 3.05) is 13.6 Å². The zero-order valence-electron chi connectivity index (χ0n) is 20.6. The number of aliphatic carboxylic acids is 1. The normalized spacial score (nSPS) is 23.3. The molecule has 0 bridgehead atoms. The molecule has 37 heavy (non-hydrogen) atoms. The fraction of sp³-hybridized carbons (Fsp3) is 0.462. The van der Waals surface area contributed by atoms with Gasteiger partial charge in [0, 0.05) is 29.7 Å². The number of nitrogens with zero attached hydrogens (tertiary/aromatic N) is 2. The van der Waals surface area contributed by atoms with E-state index in [9.17, 15) is 23.1 Å². The maximum atomic E-state index is 13.9. The number of likely N-dealkylation sites (N-methyl/N-ethyl adjacent to an activating group) is 1. The molecule has 2 fully saturated rings. The third-order valence-electron chi connectivity index (χ3n) is 6.89. The zero-order chi connectivity index (χ0) is 26.9. The molecule has 2 aromatic rings. The van der Waals surface area contributed by atoms with Gasteiger partial charge in [0.2, 0.25) is 10.0 Å². The van der Waals surface area contributed by atoms with Crippen LogP contribution in [0, 0.1) is 0 Å². The fourth-order valence-corrected chi connectivity index (χ4v) is 6.78. The van der Waals surface area contributed by atoms with Crippen molar-refractivity contribution in [2.24, 2.45) is 0 Å². The minimum absolute atomic E-state index is 0.0766. The van der Waals surface area contributed by atoms with Gasteiger partial charge in [-0.05, 0) is 54.7 Å². The van der Waals surface area contributed by atoms with Gasteiger partial charge >= 0.3 is 5.97 Å². The standard InChI is InChI=1S/C26H30Cl2N2O6S/c1-3-20(15-29(2)37(34,35)21-11-12-21)30-24(16-7-9-18(27)10-8-16)25(17-5-4-6-19(28)13-17)36-22(26(30)33)14-23(31)32/h4-10,13,20-22,24-25H,3,11-12,14-15H2,1-2H3,(H,31,32)/t20?,22-,24-,25-/m1/s1. The van der Waals surface area contributed by atoms with E-state index < -0.39 is 52.6 Å². The average molecular weight is 570 g/mol. The zero-order valence-corrected chi connectivity index (χ0v) is 22.9. The van der Waals surface area contributed by atoms with Crippen LogP contribution in [0.25, 0.3) is 0 Å². The van der Waals surface area contributed by atoms with E-state index >= 15 is 0 Å². The minimum Gasteiger partial charge on any atom is -0.481 e. The Labute approximate surface area is 227 Å². The number of benzene rings is 2. The number of amides is 1. The molecular formula is C26H30Cl2N2O6S. The largest absolute Gasteiger partial charge is 0.481 e. The van der Waals surface area contributed by atoms with Crippen molar-refractivity contribution in [1.29, 1.82) is 0 Å². The van der Waals surface area contributed by atoms with Crippen LogP contribution < -0.4 is 0 Å². The van der Waals surface area contributed by atoms with Crippen LogP contribution in [0.5, 0.6) is 0 Å². The maximum absolute atomic E-state index is 13.9. The number of rotatable bonds is 10. The second-order valence-corrected chi connectivity index (χ2v) is 12.7. The van der Waals surface area contributed by atoms with E-state index in [0.717, 1.165) is 5.56 Å². The highest BCUT2D eigenvalue weighted by Crippen LogP contribution is 2.45. The lowest BCUT2D eigenvalue weighted by molar-refractivity contribution is -0.183. The van der Waals surface area contributed by atoms with E-state index in [4.69, 9.17) is 27.9 Å².